The van der Waals surface area contributed by atoms with E-state index >= 15 is 0 Å². The largest absolute Gasteiger partial charge is 1.00 e. The van der Waals surface area contributed by atoms with E-state index in [0.717, 1.165) is 70.2 Å². The SMILES string of the molecule is CC1=[C]([Hf]([C]2=C(C)C=C(c3ccccc3F)C2)=[Si](C)c2ccccc2)CC(c2ccccc2F)=C1.CC1=[C]([Hf]([C]2=C(C)C=C(c3ccccc3F)C2)=[Si](C)c2ccccc2)CC(c2ccccc2F)=C1.[Cl-].[Cl-]. The molecule has 0 heterocycles. The quantitative estimate of drug-likeness (QED) is 0.0948. The number of hydrogen-bond acceptors (Lipinski definition) is 0. The predicted octanol–water partition coefficient (Wildman–Crippen LogP) is 9.88. The molecule has 0 saturated heterocycles. The molecule has 0 atom stereocenters. The van der Waals surface area contributed by atoms with Gasteiger partial charge < -0.3 is 24.8 Å². The van der Waals surface area contributed by atoms with Crippen LogP contribution in [0.25, 0.3) is 22.3 Å². The van der Waals surface area contributed by atoms with Gasteiger partial charge in [-0.1, -0.05) is 0 Å². The van der Waals surface area contributed by atoms with E-state index in [1.165, 1.54) is 32.7 Å². The predicted molar refractivity (Wildman–Crippen MR) is 282 cm³/mol. The number of allylic oxidation sites excluding steroid dienone is 16. The first-order valence-corrected chi connectivity index (χ1v) is 46.0. The summed E-state index contributed by atoms with van der Waals surface area (Å²) in [7, 11) is 0. The molecule has 10 rings (SSSR count). The van der Waals surface area contributed by atoms with Crippen molar-refractivity contribution in [2.75, 3.05) is 0 Å². The van der Waals surface area contributed by atoms with Gasteiger partial charge >= 0.3 is 431 Å². The first-order valence-electron chi connectivity index (χ1n) is 24.0. The summed E-state index contributed by atoms with van der Waals surface area (Å²) in [5.41, 5.74) is 10.9. The van der Waals surface area contributed by atoms with E-state index in [2.05, 4.69) is 126 Å². The van der Waals surface area contributed by atoms with Crippen molar-refractivity contribution in [1.82, 2.24) is 0 Å². The van der Waals surface area contributed by atoms with Gasteiger partial charge in [0.25, 0.3) is 0 Å². The van der Waals surface area contributed by atoms with Crippen molar-refractivity contribution in [2.24, 2.45) is 0 Å². The number of hydrogen-bond donors (Lipinski definition) is 0. The minimum atomic E-state index is -2.62. The maximum Gasteiger partial charge on any atom is -1.00 e. The van der Waals surface area contributed by atoms with Gasteiger partial charge in [0.2, 0.25) is 0 Å². The monoisotopic (exact) mass is 1360 g/mol. The molecule has 0 unspecified atom stereocenters. The van der Waals surface area contributed by atoms with Crippen LogP contribution in [0.5, 0.6) is 0 Å². The molecular weight excluding hydrogens is 1300 g/mol. The molecule has 364 valence electrons. The van der Waals surface area contributed by atoms with E-state index in [1.54, 1.807) is 61.8 Å². The van der Waals surface area contributed by atoms with Crippen molar-refractivity contribution in [3.05, 3.63) is 263 Å². The molecule has 0 aliphatic heterocycles. The summed E-state index contributed by atoms with van der Waals surface area (Å²) >= 11 is -5.23. The molecule has 4 aliphatic rings. The van der Waals surface area contributed by atoms with Gasteiger partial charge in [-0.05, 0) is 0 Å². The van der Waals surface area contributed by atoms with Crippen LogP contribution >= 0.6 is 0 Å². The van der Waals surface area contributed by atoms with Crippen LogP contribution in [0.15, 0.2) is 218 Å². The first kappa shape index (κ1) is 55.5. The van der Waals surface area contributed by atoms with Crippen LogP contribution in [0.2, 0.25) is 13.1 Å². The Morgan fingerprint density at radius 3 is 0.750 bits per heavy atom. The second-order valence-electron chi connectivity index (χ2n) is 18.7. The third-order valence-corrected chi connectivity index (χ3v) is 67.2. The fraction of sp³-hybridized carbons (Fsp3) is 0.161. The van der Waals surface area contributed by atoms with Crippen LogP contribution in [0.1, 0.15) is 75.6 Å². The summed E-state index contributed by atoms with van der Waals surface area (Å²) in [6.45, 7) is 13.8. The molecule has 0 nitrogen and oxygen atoms in total. The minimum absolute atomic E-state index is 0. The van der Waals surface area contributed by atoms with Crippen molar-refractivity contribution in [3.63, 3.8) is 0 Å². The zero-order valence-electron chi connectivity index (χ0n) is 41.4. The van der Waals surface area contributed by atoms with Gasteiger partial charge in [-0.15, -0.1) is 0 Å². The summed E-state index contributed by atoms with van der Waals surface area (Å²) in [5.74, 6) is -0.593. The number of halogens is 6. The van der Waals surface area contributed by atoms with Crippen LogP contribution in [-0.2, 0) is 40.1 Å². The van der Waals surface area contributed by atoms with Gasteiger partial charge in [0.1, 0.15) is 0 Å². The molecule has 0 N–H and O–H groups in total. The van der Waals surface area contributed by atoms with E-state index in [0.29, 0.717) is 0 Å². The molecule has 6 aromatic rings. The first-order chi connectivity index (χ1) is 33.9. The minimum Gasteiger partial charge on any atom is -1.00 e. The van der Waals surface area contributed by atoms with Crippen LogP contribution in [0, 0.1) is 23.3 Å². The Balaban J connectivity index is 0.000000206. The Hall–Kier alpha value is -4.29. The third-order valence-electron chi connectivity index (χ3n) is 14.2. The number of benzene rings is 6. The Kier molecular flexibility index (Phi) is 19.1. The summed E-state index contributed by atoms with van der Waals surface area (Å²) < 4.78 is 65.0. The maximum atomic E-state index is 14.7. The molecule has 4 aliphatic carbocycles. The molecule has 0 fully saturated rings. The van der Waals surface area contributed by atoms with E-state index < -0.39 is 51.1 Å². The van der Waals surface area contributed by atoms with E-state index in [9.17, 15) is 17.6 Å². The molecule has 72 heavy (non-hydrogen) atoms. The fourth-order valence-electron chi connectivity index (χ4n) is 10.6. The van der Waals surface area contributed by atoms with Crippen molar-refractivity contribution in [3.8, 4) is 0 Å². The Morgan fingerprint density at radius 2 is 0.528 bits per heavy atom. The molecule has 10 heteroatoms. The zero-order valence-corrected chi connectivity index (χ0v) is 52.1. The molecule has 0 amide bonds. The van der Waals surface area contributed by atoms with E-state index in [-0.39, 0.29) is 48.1 Å². The van der Waals surface area contributed by atoms with Crippen molar-refractivity contribution in [2.45, 2.75) is 66.5 Å². The van der Waals surface area contributed by atoms with E-state index in [4.69, 9.17) is 0 Å². The summed E-state index contributed by atoms with van der Waals surface area (Å²) in [6, 6.07) is 50.4. The summed E-state index contributed by atoms with van der Waals surface area (Å²) in [5, 5.41) is 2.94. The normalized spacial score (nSPS) is 15.0. The average Bonchev–Trinajstić information content (AvgIpc) is 4.16. The van der Waals surface area contributed by atoms with Crippen LogP contribution in [0.3, 0.4) is 0 Å². The second-order valence-corrected chi connectivity index (χ2v) is 60.8. The standard InChI is InChI=1S/4C12H10F.2C7H8Si.2ClH.2Hf/c4*1-9-6-7-10(8-9)11-4-2-3-5-12(11)13;2*1-8-7-5-3-2-4-6-7;;;;/h4*2-5,8H,7H2,1H3;2*2-6H,1H3;2*1H;;/p-2. The topological polar surface area (TPSA) is 0 Å². The molecule has 0 aromatic heterocycles. The van der Waals surface area contributed by atoms with Crippen molar-refractivity contribution in [1.29, 1.82) is 0 Å². The van der Waals surface area contributed by atoms with E-state index in [1.807, 2.05) is 48.5 Å². The van der Waals surface area contributed by atoms with Gasteiger partial charge in [0, 0.05) is 0 Å². The summed E-state index contributed by atoms with van der Waals surface area (Å²) in [4.78, 5) is 0. The molecule has 0 radical (unpaired) electrons. The van der Waals surface area contributed by atoms with Gasteiger partial charge in [-0.3, -0.25) is 0 Å². The molecule has 0 bridgehead atoms. The Labute approximate surface area is 451 Å². The molecule has 0 spiro atoms. The maximum absolute atomic E-state index is 14.7. The Morgan fingerprint density at radius 1 is 0.319 bits per heavy atom. The summed E-state index contributed by atoms with van der Waals surface area (Å²) in [6.07, 6.45) is 12.2. The molecule has 0 saturated carbocycles. The average molecular weight is 1360 g/mol. The van der Waals surface area contributed by atoms with Crippen LogP contribution in [-0.4, -0.2) is 11.0 Å². The second kappa shape index (κ2) is 24.8. The van der Waals surface area contributed by atoms with Gasteiger partial charge in [-0.25, -0.2) is 0 Å². The third kappa shape index (κ3) is 12.0. The number of rotatable bonds is 10. The molecule has 6 aromatic carbocycles. The van der Waals surface area contributed by atoms with Gasteiger partial charge in [0.05, 0.1) is 0 Å². The van der Waals surface area contributed by atoms with Crippen LogP contribution in [0.4, 0.5) is 17.6 Å². The smallest absolute Gasteiger partial charge is 1.00 e. The van der Waals surface area contributed by atoms with Crippen molar-refractivity contribution < 1.29 is 82.5 Å². The van der Waals surface area contributed by atoms with Gasteiger partial charge in [0.15, 0.2) is 0 Å². The fourth-order valence-corrected chi connectivity index (χ4v) is 67.6. The molecular formula is C62H56Cl2F4Hf2Si2-2. The van der Waals surface area contributed by atoms with Crippen molar-refractivity contribution >= 4 is 43.7 Å². The zero-order chi connectivity index (χ0) is 49.1. The van der Waals surface area contributed by atoms with Crippen LogP contribution < -0.4 is 35.2 Å². The Bertz CT molecular complexity index is 3010. The van der Waals surface area contributed by atoms with Gasteiger partial charge in [-0.2, -0.15) is 0 Å².